The number of benzene rings is 2. The fraction of sp³-hybridized carbons (Fsp3) is 0.346. The van der Waals surface area contributed by atoms with Crippen LogP contribution in [-0.4, -0.2) is 64.5 Å². The molecule has 0 atom stereocenters. The van der Waals surface area contributed by atoms with Crippen LogP contribution in [0.3, 0.4) is 0 Å². The molecule has 1 saturated heterocycles. The first-order chi connectivity index (χ1) is 17.0. The zero-order valence-electron chi connectivity index (χ0n) is 20.4. The Morgan fingerprint density at radius 1 is 1.00 bits per heavy atom. The average molecular weight is 500 g/mol. The maximum atomic E-state index is 13.1. The van der Waals surface area contributed by atoms with E-state index in [0.717, 1.165) is 50.4 Å². The summed E-state index contributed by atoms with van der Waals surface area (Å²) in [7, 11) is 2.09. The molecule has 1 aliphatic heterocycles. The number of hydrogen-bond donors (Lipinski definition) is 1. The van der Waals surface area contributed by atoms with Crippen molar-refractivity contribution in [1.82, 2.24) is 19.6 Å². The normalized spacial score (nSPS) is 15.2. The molecule has 2 heterocycles. The minimum atomic E-state index is -4.51. The van der Waals surface area contributed by atoms with Gasteiger partial charge >= 0.3 is 6.18 Å². The number of carbonyl (C=O) groups excluding carboxylic acids is 2. The van der Waals surface area contributed by atoms with Crippen molar-refractivity contribution in [3.8, 4) is 5.69 Å². The number of likely N-dealkylation sites (N-methyl/N-ethyl adjacent to an activating group) is 1. The van der Waals surface area contributed by atoms with Crippen LogP contribution in [0.1, 0.15) is 32.9 Å². The number of hydrogen-bond acceptors (Lipinski definition) is 5. The number of nitrogens with zero attached hydrogens (tertiary/aromatic N) is 4. The number of alkyl halides is 3. The third-order valence-electron chi connectivity index (χ3n) is 6.33. The number of aryl methyl sites for hydroxylation is 1. The quantitative estimate of drug-likeness (QED) is 0.409. The van der Waals surface area contributed by atoms with Crippen LogP contribution < -0.4 is 5.32 Å². The van der Waals surface area contributed by atoms with Crippen molar-refractivity contribution in [2.24, 2.45) is 0 Å². The molecular weight excluding hydrogens is 471 g/mol. The van der Waals surface area contributed by atoms with E-state index in [1.807, 2.05) is 18.2 Å². The highest BCUT2D eigenvalue weighted by atomic mass is 19.4. The van der Waals surface area contributed by atoms with Crippen LogP contribution in [0.4, 0.5) is 18.9 Å². The van der Waals surface area contributed by atoms with Crippen LogP contribution in [0.5, 0.6) is 0 Å². The molecule has 2 aromatic carbocycles. The van der Waals surface area contributed by atoms with Crippen molar-refractivity contribution in [1.29, 1.82) is 0 Å². The van der Waals surface area contributed by atoms with Gasteiger partial charge in [0.15, 0.2) is 0 Å². The molecule has 0 bridgehead atoms. The number of anilines is 1. The van der Waals surface area contributed by atoms with Crippen molar-refractivity contribution < 1.29 is 22.8 Å². The molecule has 10 heteroatoms. The molecule has 1 aromatic heterocycles. The number of aromatic nitrogens is 2. The molecule has 0 unspecified atom stereocenters. The molecule has 0 saturated carbocycles. The number of nitrogens with one attached hydrogen (secondary N) is 1. The van der Waals surface area contributed by atoms with Crippen molar-refractivity contribution in [3.05, 3.63) is 76.6 Å². The monoisotopic (exact) mass is 499 g/mol. The predicted molar refractivity (Wildman–Crippen MR) is 130 cm³/mol. The molecule has 4 rings (SSSR count). The standard InChI is InChI=1S/C26H28F3N5O2/c1-17-23(18(2)34(31-17)22-9-5-7-20(15-22)26(27,28)29)24(35)25(36)30-21-8-4-6-19(14-21)16-33-12-10-32(3)11-13-33/h4-9,14-15H,10-13,16H2,1-3H3,(H,30,36). The van der Waals surface area contributed by atoms with Crippen LogP contribution in [0, 0.1) is 13.8 Å². The molecule has 1 fully saturated rings. The highest BCUT2D eigenvalue weighted by Gasteiger charge is 2.31. The van der Waals surface area contributed by atoms with Crippen LogP contribution >= 0.6 is 0 Å². The Labute approximate surface area is 207 Å². The topological polar surface area (TPSA) is 70.5 Å². The summed E-state index contributed by atoms with van der Waals surface area (Å²) >= 11 is 0. The van der Waals surface area contributed by atoms with Crippen molar-refractivity contribution >= 4 is 17.4 Å². The zero-order chi connectivity index (χ0) is 26.0. The third kappa shape index (κ3) is 5.66. The SMILES string of the molecule is Cc1nn(-c2cccc(C(F)(F)F)c2)c(C)c1C(=O)C(=O)Nc1cccc(CN2CCN(C)CC2)c1. The Bertz CT molecular complexity index is 1280. The zero-order valence-corrected chi connectivity index (χ0v) is 20.4. The number of ketones is 1. The van der Waals surface area contributed by atoms with E-state index in [2.05, 4.69) is 27.3 Å². The molecule has 1 amide bonds. The Morgan fingerprint density at radius 3 is 2.39 bits per heavy atom. The lowest BCUT2D eigenvalue weighted by molar-refractivity contribution is -0.137. The number of carbonyl (C=O) groups is 2. The third-order valence-corrected chi connectivity index (χ3v) is 6.33. The van der Waals surface area contributed by atoms with E-state index < -0.39 is 23.4 Å². The first-order valence-electron chi connectivity index (χ1n) is 11.6. The van der Waals surface area contributed by atoms with Gasteiger partial charge in [-0.3, -0.25) is 14.5 Å². The Hall–Kier alpha value is -3.50. The van der Waals surface area contributed by atoms with Gasteiger partial charge in [-0.1, -0.05) is 18.2 Å². The van der Waals surface area contributed by atoms with E-state index in [-0.39, 0.29) is 22.6 Å². The second-order valence-electron chi connectivity index (χ2n) is 9.07. The molecule has 1 N–H and O–H groups in total. The highest BCUT2D eigenvalue weighted by Crippen LogP contribution is 2.31. The summed E-state index contributed by atoms with van der Waals surface area (Å²) in [5.74, 6) is -1.63. The Morgan fingerprint density at radius 2 is 1.69 bits per heavy atom. The highest BCUT2D eigenvalue weighted by molar-refractivity contribution is 6.47. The van der Waals surface area contributed by atoms with Gasteiger partial charge < -0.3 is 10.2 Å². The van der Waals surface area contributed by atoms with Crippen LogP contribution in [0.15, 0.2) is 48.5 Å². The van der Waals surface area contributed by atoms with Gasteiger partial charge in [-0.25, -0.2) is 4.68 Å². The second-order valence-corrected chi connectivity index (χ2v) is 9.07. The van der Waals surface area contributed by atoms with E-state index in [1.54, 1.807) is 19.9 Å². The fourth-order valence-electron chi connectivity index (χ4n) is 4.35. The van der Waals surface area contributed by atoms with Crippen LogP contribution in [0.2, 0.25) is 0 Å². The van der Waals surface area contributed by atoms with Gasteiger partial charge in [0.05, 0.1) is 28.2 Å². The molecular formula is C26H28F3N5O2. The summed E-state index contributed by atoms with van der Waals surface area (Å²) < 4.78 is 40.7. The number of amides is 1. The first-order valence-corrected chi connectivity index (χ1v) is 11.6. The van der Waals surface area contributed by atoms with Gasteiger partial charge in [0.1, 0.15) is 0 Å². The van der Waals surface area contributed by atoms with E-state index in [4.69, 9.17) is 0 Å². The van der Waals surface area contributed by atoms with Crippen LogP contribution in [0.25, 0.3) is 5.69 Å². The number of rotatable bonds is 6. The first kappa shape index (κ1) is 25.6. The number of Topliss-reactive ketones (excluding diaryl/α,β-unsaturated/α-hetero) is 1. The van der Waals surface area contributed by atoms with Gasteiger partial charge in [0, 0.05) is 38.4 Å². The Balaban J connectivity index is 1.50. The van der Waals surface area contributed by atoms with Gasteiger partial charge in [-0.2, -0.15) is 18.3 Å². The number of piperazine rings is 1. The summed E-state index contributed by atoms with van der Waals surface area (Å²) in [5, 5.41) is 6.89. The molecule has 36 heavy (non-hydrogen) atoms. The molecule has 0 spiro atoms. The lowest BCUT2D eigenvalue weighted by atomic mass is 10.1. The average Bonchev–Trinajstić information content (AvgIpc) is 3.13. The van der Waals surface area contributed by atoms with E-state index in [9.17, 15) is 22.8 Å². The molecule has 1 aliphatic rings. The summed E-state index contributed by atoms with van der Waals surface area (Å²) in [5.41, 5.74) is 1.47. The summed E-state index contributed by atoms with van der Waals surface area (Å²) in [6, 6.07) is 12.0. The van der Waals surface area contributed by atoms with Crippen molar-refractivity contribution in [2.45, 2.75) is 26.6 Å². The molecule has 190 valence electrons. The van der Waals surface area contributed by atoms with E-state index in [0.29, 0.717) is 5.69 Å². The lowest BCUT2D eigenvalue weighted by Gasteiger charge is -2.32. The molecule has 0 radical (unpaired) electrons. The van der Waals surface area contributed by atoms with Crippen molar-refractivity contribution in [2.75, 3.05) is 38.5 Å². The van der Waals surface area contributed by atoms with Crippen molar-refractivity contribution in [3.63, 3.8) is 0 Å². The lowest BCUT2D eigenvalue weighted by Crippen LogP contribution is -2.43. The smallest absolute Gasteiger partial charge is 0.319 e. The molecule has 0 aliphatic carbocycles. The molecule has 7 nitrogen and oxygen atoms in total. The van der Waals surface area contributed by atoms with Gasteiger partial charge in [0.25, 0.3) is 11.7 Å². The minimum absolute atomic E-state index is 0.0681. The summed E-state index contributed by atoms with van der Waals surface area (Å²) in [6.45, 7) is 7.76. The van der Waals surface area contributed by atoms with Gasteiger partial charge in [-0.15, -0.1) is 0 Å². The maximum Gasteiger partial charge on any atom is 0.416 e. The van der Waals surface area contributed by atoms with Gasteiger partial charge in [0.2, 0.25) is 0 Å². The molecule has 3 aromatic rings. The largest absolute Gasteiger partial charge is 0.416 e. The Kier molecular flexibility index (Phi) is 7.28. The minimum Gasteiger partial charge on any atom is -0.319 e. The van der Waals surface area contributed by atoms with E-state index in [1.165, 1.54) is 16.8 Å². The van der Waals surface area contributed by atoms with Gasteiger partial charge in [-0.05, 0) is 56.8 Å². The summed E-state index contributed by atoms with van der Waals surface area (Å²) in [4.78, 5) is 30.5. The maximum absolute atomic E-state index is 13.1. The fourth-order valence-corrected chi connectivity index (χ4v) is 4.35. The van der Waals surface area contributed by atoms with E-state index >= 15 is 0 Å². The number of halogens is 3. The predicted octanol–water partition coefficient (Wildman–Crippen LogP) is 4.08. The van der Waals surface area contributed by atoms with Crippen LogP contribution in [-0.2, 0) is 17.5 Å². The summed E-state index contributed by atoms with van der Waals surface area (Å²) in [6.07, 6.45) is -4.51. The second kappa shape index (κ2) is 10.2.